The molecule has 134 valence electrons. The lowest BCUT2D eigenvalue weighted by atomic mass is 10.0. The fourth-order valence-electron chi connectivity index (χ4n) is 2.92. The molecule has 1 heterocycles. The zero-order valence-corrected chi connectivity index (χ0v) is 15.7. The van der Waals surface area contributed by atoms with Gasteiger partial charge in [-0.2, -0.15) is 0 Å². The van der Waals surface area contributed by atoms with Crippen molar-refractivity contribution in [3.8, 4) is 5.75 Å². The number of likely N-dealkylation sites (tertiary alicyclic amines) is 1. The van der Waals surface area contributed by atoms with Gasteiger partial charge in [-0.15, -0.1) is 0 Å². The Morgan fingerprint density at radius 2 is 2.08 bits per heavy atom. The molecule has 0 radical (unpaired) electrons. The molecule has 0 bridgehead atoms. The second-order valence-electron chi connectivity index (χ2n) is 6.21. The second kappa shape index (κ2) is 10.1. The highest BCUT2D eigenvalue weighted by molar-refractivity contribution is 6.35. The zero-order chi connectivity index (χ0) is 17.4. The summed E-state index contributed by atoms with van der Waals surface area (Å²) in [4.78, 5) is 14.5. The third-order valence-electron chi connectivity index (χ3n) is 4.19. The van der Waals surface area contributed by atoms with Gasteiger partial charge < -0.3 is 15.0 Å². The van der Waals surface area contributed by atoms with Crippen LogP contribution in [0.2, 0.25) is 10.0 Å². The first-order valence-corrected chi connectivity index (χ1v) is 9.43. The van der Waals surface area contributed by atoms with Crippen molar-refractivity contribution in [2.24, 2.45) is 0 Å². The zero-order valence-electron chi connectivity index (χ0n) is 14.2. The summed E-state index contributed by atoms with van der Waals surface area (Å²) >= 11 is 11.9. The van der Waals surface area contributed by atoms with Crippen molar-refractivity contribution in [2.45, 2.75) is 45.1 Å². The first-order chi connectivity index (χ1) is 11.6. The van der Waals surface area contributed by atoms with Crippen molar-refractivity contribution in [1.82, 2.24) is 10.2 Å². The molecule has 0 atom stereocenters. The molecule has 0 aliphatic carbocycles. The van der Waals surface area contributed by atoms with E-state index in [1.54, 1.807) is 18.2 Å². The Hall–Kier alpha value is -0.970. The fraction of sp³-hybridized carbons (Fsp3) is 0.611. The molecule has 1 saturated heterocycles. The fourth-order valence-corrected chi connectivity index (χ4v) is 3.39. The summed E-state index contributed by atoms with van der Waals surface area (Å²) in [7, 11) is 0. The van der Waals surface area contributed by atoms with Gasteiger partial charge in [-0.25, -0.2) is 0 Å². The van der Waals surface area contributed by atoms with Crippen LogP contribution in [0, 0.1) is 0 Å². The average molecular weight is 373 g/mol. The van der Waals surface area contributed by atoms with Crippen molar-refractivity contribution in [1.29, 1.82) is 0 Å². The van der Waals surface area contributed by atoms with E-state index < -0.39 is 0 Å². The summed E-state index contributed by atoms with van der Waals surface area (Å²) in [5, 5.41) is 4.21. The number of carbonyl (C=O) groups is 1. The van der Waals surface area contributed by atoms with Crippen LogP contribution in [0.5, 0.6) is 5.75 Å². The van der Waals surface area contributed by atoms with E-state index in [9.17, 15) is 4.79 Å². The molecule has 1 fully saturated rings. The summed E-state index contributed by atoms with van der Waals surface area (Å²) in [6, 6.07) is 5.45. The van der Waals surface area contributed by atoms with Gasteiger partial charge in [0.05, 0.1) is 11.6 Å². The lowest BCUT2D eigenvalue weighted by Gasteiger charge is -2.32. The van der Waals surface area contributed by atoms with Gasteiger partial charge in [0.25, 0.3) is 0 Å². The van der Waals surface area contributed by atoms with Crippen LogP contribution < -0.4 is 10.1 Å². The van der Waals surface area contributed by atoms with Crippen LogP contribution >= 0.6 is 23.2 Å². The van der Waals surface area contributed by atoms with Crippen LogP contribution in [0.25, 0.3) is 0 Å². The summed E-state index contributed by atoms with van der Waals surface area (Å²) < 4.78 is 5.60. The molecular formula is C18H26Cl2N2O2. The van der Waals surface area contributed by atoms with Crippen LogP contribution in [-0.2, 0) is 4.79 Å². The highest BCUT2D eigenvalue weighted by atomic mass is 35.5. The number of benzene rings is 1. The molecule has 1 aliphatic heterocycles. The highest BCUT2D eigenvalue weighted by Gasteiger charge is 2.19. The largest absolute Gasteiger partial charge is 0.492 e. The molecule has 0 unspecified atom stereocenters. The van der Waals surface area contributed by atoms with Gasteiger partial charge in [-0.05, 0) is 50.4 Å². The minimum Gasteiger partial charge on any atom is -0.492 e. The molecule has 2 rings (SSSR count). The molecule has 1 N–H and O–H groups in total. The molecule has 4 nitrogen and oxygen atoms in total. The smallest absolute Gasteiger partial charge is 0.220 e. The maximum atomic E-state index is 12.0. The quantitative estimate of drug-likeness (QED) is 0.697. The number of piperidine rings is 1. The van der Waals surface area contributed by atoms with E-state index in [1.165, 1.54) is 6.42 Å². The Morgan fingerprint density at radius 3 is 2.75 bits per heavy atom. The Balaban J connectivity index is 1.60. The van der Waals surface area contributed by atoms with E-state index in [0.717, 1.165) is 32.5 Å². The molecule has 0 aromatic heterocycles. The predicted octanol–water partition coefficient (Wildman–Crippen LogP) is 4.14. The number of nitrogens with one attached hydrogen (secondary N) is 1. The first kappa shape index (κ1) is 19.4. The van der Waals surface area contributed by atoms with Crippen molar-refractivity contribution in [3.63, 3.8) is 0 Å². The summed E-state index contributed by atoms with van der Waals surface area (Å²) in [6.45, 7) is 5.98. The monoisotopic (exact) mass is 372 g/mol. The average Bonchev–Trinajstić information content (AvgIpc) is 2.55. The van der Waals surface area contributed by atoms with Gasteiger partial charge in [0.1, 0.15) is 5.75 Å². The first-order valence-electron chi connectivity index (χ1n) is 8.68. The van der Waals surface area contributed by atoms with Crippen LogP contribution in [0.3, 0.4) is 0 Å². The van der Waals surface area contributed by atoms with E-state index >= 15 is 0 Å². The van der Waals surface area contributed by atoms with Gasteiger partial charge in [-0.3, -0.25) is 4.79 Å². The molecule has 1 aromatic carbocycles. The van der Waals surface area contributed by atoms with Crippen molar-refractivity contribution in [2.75, 3.05) is 26.2 Å². The SMILES string of the molecule is CCCN1CCC(NC(=O)CCCOc2ccc(Cl)cc2Cl)CC1. The standard InChI is InChI=1S/C18H26Cl2N2O2/c1-2-9-22-10-7-15(8-11-22)21-18(23)4-3-12-24-17-6-5-14(19)13-16(17)20/h5-6,13,15H,2-4,7-12H2,1H3,(H,21,23). The molecule has 1 aliphatic rings. The summed E-state index contributed by atoms with van der Waals surface area (Å²) in [5.74, 6) is 0.708. The van der Waals surface area contributed by atoms with Crippen LogP contribution in [0.4, 0.5) is 0 Å². The number of hydrogen-bond donors (Lipinski definition) is 1. The van der Waals surface area contributed by atoms with E-state index in [-0.39, 0.29) is 5.91 Å². The number of nitrogens with zero attached hydrogens (tertiary/aromatic N) is 1. The third-order valence-corrected chi connectivity index (χ3v) is 4.72. The van der Waals surface area contributed by atoms with Gasteiger partial charge in [-0.1, -0.05) is 30.1 Å². The molecule has 1 aromatic rings. The number of ether oxygens (including phenoxy) is 1. The maximum Gasteiger partial charge on any atom is 0.220 e. The maximum absolute atomic E-state index is 12.0. The molecule has 1 amide bonds. The normalized spacial score (nSPS) is 16.1. The number of carbonyl (C=O) groups excluding carboxylic acids is 1. The number of amides is 1. The van der Waals surface area contributed by atoms with Crippen molar-refractivity contribution in [3.05, 3.63) is 28.2 Å². The van der Waals surface area contributed by atoms with Gasteiger partial charge in [0, 0.05) is 30.6 Å². The Morgan fingerprint density at radius 1 is 1.33 bits per heavy atom. The molecule has 6 heteroatoms. The van der Waals surface area contributed by atoms with Gasteiger partial charge in [0.2, 0.25) is 5.91 Å². The molecular weight excluding hydrogens is 347 g/mol. The topological polar surface area (TPSA) is 41.6 Å². The van der Waals surface area contributed by atoms with E-state index in [1.807, 2.05) is 0 Å². The highest BCUT2D eigenvalue weighted by Crippen LogP contribution is 2.27. The number of rotatable bonds is 8. The minimum absolute atomic E-state index is 0.106. The lowest BCUT2D eigenvalue weighted by molar-refractivity contribution is -0.122. The number of halogens is 2. The van der Waals surface area contributed by atoms with Gasteiger partial charge in [0.15, 0.2) is 0 Å². The molecule has 0 saturated carbocycles. The van der Waals surface area contributed by atoms with E-state index in [4.69, 9.17) is 27.9 Å². The predicted molar refractivity (Wildman–Crippen MR) is 99.1 cm³/mol. The van der Waals surface area contributed by atoms with Crippen LogP contribution in [0.15, 0.2) is 18.2 Å². The van der Waals surface area contributed by atoms with Crippen LogP contribution in [0.1, 0.15) is 39.0 Å². The third kappa shape index (κ3) is 6.50. The Labute approximate surface area is 154 Å². The summed E-state index contributed by atoms with van der Waals surface area (Å²) in [6.07, 6.45) is 4.42. The van der Waals surface area contributed by atoms with Gasteiger partial charge >= 0.3 is 0 Å². The lowest BCUT2D eigenvalue weighted by Crippen LogP contribution is -2.44. The molecule has 0 spiro atoms. The molecule has 24 heavy (non-hydrogen) atoms. The van der Waals surface area contributed by atoms with E-state index in [0.29, 0.717) is 41.3 Å². The summed E-state index contributed by atoms with van der Waals surface area (Å²) in [5.41, 5.74) is 0. The number of hydrogen-bond acceptors (Lipinski definition) is 3. The van der Waals surface area contributed by atoms with Crippen LogP contribution in [-0.4, -0.2) is 43.1 Å². The Bertz CT molecular complexity index is 532. The minimum atomic E-state index is 0.106. The Kier molecular flexibility index (Phi) is 8.16. The van der Waals surface area contributed by atoms with E-state index in [2.05, 4.69) is 17.1 Å². The van der Waals surface area contributed by atoms with Crippen molar-refractivity contribution < 1.29 is 9.53 Å². The van der Waals surface area contributed by atoms with Crippen molar-refractivity contribution >= 4 is 29.1 Å². The second-order valence-corrected chi connectivity index (χ2v) is 7.05.